The Labute approximate surface area is 71.1 Å². The fourth-order valence-electron chi connectivity index (χ4n) is 0.737. The van der Waals surface area contributed by atoms with Gasteiger partial charge in [0.2, 0.25) is 0 Å². The fourth-order valence-corrected chi connectivity index (χ4v) is 0.737. The number of aliphatic hydroxyl groups is 2. The summed E-state index contributed by atoms with van der Waals surface area (Å²) in [5.41, 5.74) is 0. The smallest absolute Gasteiger partial charge is 0.327 e. The van der Waals surface area contributed by atoms with Crippen molar-refractivity contribution in [2.45, 2.75) is 32.0 Å². The zero-order valence-electron chi connectivity index (χ0n) is 6.97. The molecule has 0 saturated heterocycles. The number of carbonyl (C=O) groups is 1. The van der Waals surface area contributed by atoms with Gasteiger partial charge in [0, 0.05) is 6.08 Å². The zero-order valence-corrected chi connectivity index (χ0v) is 6.97. The van der Waals surface area contributed by atoms with E-state index < -0.39 is 18.2 Å². The number of aliphatic hydroxyl groups excluding tert-OH is 2. The van der Waals surface area contributed by atoms with Gasteiger partial charge in [0.25, 0.3) is 0 Å². The molecule has 0 heterocycles. The number of hydrogen-bond acceptors (Lipinski definition) is 3. The van der Waals surface area contributed by atoms with E-state index in [1.54, 1.807) is 6.92 Å². The van der Waals surface area contributed by atoms with Crippen LogP contribution in [0.4, 0.5) is 0 Å². The molecule has 12 heavy (non-hydrogen) atoms. The number of carboxylic acid groups (broad SMARTS) is 1. The predicted octanol–water partition coefficient (Wildman–Crippen LogP) is 0.149. The first-order valence-corrected chi connectivity index (χ1v) is 3.83. The lowest BCUT2D eigenvalue weighted by Crippen LogP contribution is -2.24. The second-order valence-electron chi connectivity index (χ2n) is 2.52. The third kappa shape index (κ3) is 4.87. The molecule has 0 saturated carbocycles. The van der Waals surface area contributed by atoms with E-state index in [1.807, 2.05) is 0 Å². The third-order valence-electron chi connectivity index (χ3n) is 1.50. The first-order valence-electron chi connectivity index (χ1n) is 3.83. The molecule has 4 heteroatoms. The Balaban J connectivity index is 3.70. The Kier molecular flexibility index (Phi) is 5.32. The van der Waals surface area contributed by atoms with Crippen molar-refractivity contribution in [2.75, 3.05) is 0 Å². The third-order valence-corrected chi connectivity index (χ3v) is 1.50. The molecule has 0 aliphatic rings. The van der Waals surface area contributed by atoms with Gasteiger partial charge < -0.3 is 15.3 Å². The quantitative estimate of drug-likeness (QED) is 0.518. The van der Waals surface area contributed by atoms with Gasteiger partial charge in [-0.05, 0) is 12.8 Å². The number of rotatable bonds is 5. The van der Waals surface area contributed by atoms with Gasteiger partial charge in [-0.15, -0.1) is 0 Å². The minimum Gasteiger partial charge on any atom is -0.478 e. The van der Waals surface area contributed by atoms with Crippen LogP contribution in [0.2, 0.25) is 0 Å². The SMILES string of the molecule is CCC(O)[C@@H](O)CC=CC(=O)O. The van der Waals surface area contributed by atoms with Crippen molar-refractivity contribution in [1.29, 1.82) is 0 Å². The summed E-state index contributed by atoms with van der Waals surface area (Å²) in [5.74, 6) is -1.05. The van der Waals surface area contributed by atoms with Crippen LogP contribution in [-0.4, -0.2) is 33.5 Å². The molecule has 0 aromatic rings. The fraction of sp³-hybridized carbons (Fsp3) is 0.625. The molecular formula is C8H14O4. The molecule has 0 aromatic heterocycles. The van der Waals surface area contributed by atoms with Crippen LogP contribution in [0.1, 0.15) is 19.8 Å². The molecule has 0 amide bonds. The molecule has 1 unspecified atom stereocenters. The molecule has 4 nitrogen and oxygen atoms in total. The van der Waals surface area contributed by atoms with Crippen molar-refractivity contribution < 1.29 is 20.1 Å². The number of carboxylic acids is 1. The molecule has 0 fully saturated rings. The zero-order chi connectivity index (χ0) is 9.56. The van der Waals surface area contributed by atoms with E-state index in [4.69, 9.17) is 15.3 Å². The maximum Gasteiger partial charge on any atom is 0.327 e. The lowest BCUT2D eigenvalue weighted by molar-refractivity contribution is -0.131. The molecule has 2 atom stereocenters. The first kappa shape index (κ1) is 11.1. The van der Waals surface area contributed by atoms with Gasteiger partial charge in [-0.3, -0.25) is 0 Å². The highest BCUT2D eigenvalue weighted by atomic mass is 16.4. The molecule has 3 N–H and O–H groups in total. The molecule has 0 aliphatic carbocycles. The standard InChI is InChI=1S/C8H14O4/c1-2-6(9)7(10)4-3-5-8(11)12/h3,5-7,9-10H,2,4H2,1H3,(H,11,12)/t6?,7-/m0/s1. The highest BCUT2D eigenvalue weighted by molar-refractivity contribution is 5.79. The van der Waals surface area contributed by atoms with Crippen molar-refractivity contribution >= 4 is 5.97 Å². The van der Waals surface area contributed by atoms with Crippen molar-refractivity contribution in [2.24, 2.45) is 0 Å². The van der Waals surface area contributed by atoms with E-state index in [0.717, 1.165) is 6.08 Å². The summed E-state index contributed by atoms with van der Waals surface area (Å²) in [7, 11) is 0. The molecule has 0 aromatic carbocycles. The van der Waals surface area contributed by atoms with Crippen LogP contribution in [-0.2, 0) is 4.79 Å². The summed E-state index contributed by atoms with van der Waals surface area (Å²) in [6, 6.07) is 0. The van der Waals surface area contributed by atoms with Crippen LogP contribution in [0, 0.1) is 0 Å². The molecule has 0 bridgehead atoms. The second-order valence-corrected chi connectivity index (χ2v) is 2.52. The van der Waals surface area contributed by atoms with Crippen LogP contribution in [0.5, 0.6) is 0 Å². The van der Waals surface area contributed by atoms with E-state index in [9.17, 15) is 4.79 Å². The van der Waals surface area contributed by atoms with Crippen molar-refractivity contribution in [1.82, 2.24) is 0 Å². The Morgan fingerprint density at radius 3 is 2.42 bits per heavy atom. The van der Waals surface area contributed by atoms with Gasteiger partial charge in [-0.2, -0.15) is 0 Å². The van der Waals surface area contributed by atoms with E-state index >= 15 is 0 Å². The number of hydrogen-bond donors (Lipinski definition) is 3. The van der Waals surface area contributed by atoms with Crippen LogP contribution in [0.3, 0.4) is 0 Å². The minimum atomic E-state index is -1.05. The van der Waals surface area contributed by atoms with Crippen LogP contribution in [0.15, 0.2) is 12.2 Å². The molecule has 70 valence electrons. The largest absolute Gasteiger partial charge is 0.478 e. The van der Waals surface area contributed by atoms with E-state index in [1.165, 1.54) is 6.08 Å². The normalized spacial score (nSPS) is 16.2. The Morgan fingerprint density at radius 2 is 2.00 bits per heavy atom. The van der Waals surface area contributed by atoms with E-state index in [0.29, 0.717) is 6.42 Å². The van der Waals surface area contributed by atoms with E-state index in [-0.39, 0.29) is 6.42 Å². The summed E-state index contributed by atoms with van der Waals surface area (Å²) >= 11 is 0. The Morgan fingerprint density at radius 1 is 1.42 bits per heavy atom. The maximum absolute atomic E-state index is 9.99. The average Bonchev–Trinajstić information content (AvgIpc) is 2.02. The second kappa shape index (κ2) is 5.74. The Hall–Kier alpha value is -0.870. The summed E-state index contributed by atoms with van der Waals surface area (Å²) in [5, 5.41) is 26.4. The highest BCUT2D eigenvalue weighted by Crippen LogP contribution is 2.03. The maximum atomic E-state index is 9.99. The van der Waals surface area contributed by atoms with E-state index in [2.05, 4.69) is 0 Å². The molecule has 0 radical (unpaired) electrons. The molecule has 0 rings (SSSR count). The molecular weight excluding hydrogens is 160 g/mol. The van der Waals surface area contributed by atoms with Crippen LogP contribution >= 0.6 is 0 Å². The minimum absolute atomic E-state index is 0.168. The van der Waals surface area contributed by atoms with Gasteiger partial charge in [0.15, 0.2) is 0 Å². The summed E-state index contributed by atoms with van der Waals surface area (Å²) in [4.78, 5) is 9.99. The monoisotopic (exact) mass is 174 g/mol. The highest BCUT2D eigenvalue weighted by Gasteiger charge is 2.11. The van der Waals surface area contributed by atoms with Gasteiger partial charge >= 0.3 is 5.97 Å². The van der Waals surface area contributed by atoms with Gasteiger partial charge in [-0.25, -0.2) is 4.79 Å². The van der Waals surface area contributed by atoms with Gasteiger partial charge in [0.05, 0.1) is 12.2 Å². The Bertz CT molecular complexity index is 164. The molecule has 0 spiro atoms. The van der Waals surface area contributed by atoms with Crippen molar-refractivity contribution in [3.05, 3.63) is 12.2 Å². The van der Waals surface area contributed by atoms with Gasteiger partial charge in [-0.1, -0.05) is 13.0 Å². The van der Waals surface area contributed by atoms with Crippen LogP contribution < -0.4 is 0 Å². The van der Waals surface area contributed by atoms with Crippen molar-refractivity contribution in [3.63, 3.8) is 0 Å². The average molecular weight is 174 g/mol. The van der Waals surface area contributed by atoms with Crippen molar-refractivity contribution in [3.8, 4) is 0 Å². The lowest BCUT2D eigenvalue weighted by Gasteiger charge is -2.13. The molecule has 0 aliphatic heterocycles. The summed E-state index contributed by atoms with van der Waals surface area (Å²) < 4.78 is 0. The summed E-state index contributed by atoms with van der Waals surface area (Å²) in [6.07, 6.45) is 1.26. The summed E-state index contributed by atoms with van der Waals surface area (Å²) in [6.45, 7) is 1.74. The lowest BCUT2D eigenvalue weighted by atomic mass is 10.1. The predicted molar refractivity (Wildman–Crippen MR) is 43.7 cm³/mol. The van der Waals surface area contributed by atoms with Gasteiger partial charge in [0.1, 0.15) is 0 Å². The van der Waals surface area contributed by atoms with Crippen LogP contribution in [0.25, 0.3) is 0 Å². The first-order chi connectivity index (χ1) is 5.57. The topological polar surface area (TPSA) is 77.8 Å². The number of aliphatic carboxylic acids is 1.